The normalized spacial score (nSPS) is 19.7. The number of nitrogens with two attached hydrogens (primary N) is 1. The number of para-hydroxylation sites is 1. The fraction of sp³-hybridized carbons (Fsp3) is 0.500. The molecule has 0 spiro atoms. The minimum Gasteiger partial charge on any atom is -0.465 e. The molecule has 0 amide bonds. The Labute approximate surface area is 108 Å². The van der Waals surface area contributed by atoms with Gasteiger partial charge in [0.15, 0.2) is 0 Å². The molecular formula is C14H20N2O2. The van der Waals surface area contributed by atoms with Gasteiger partial charge >= 0.3 is 5.97 Å². The second-order valence-electron chi connectivity index (χ2n) is 4.77. The Morgan fingerprint density at radius 1 is 1.44 bits per heavy atom. The zero-order valence-corrected chi connectivity index (χ0v) is 11.0. The zero-order valence-electron chi connectivity index (χ0n) is 11.0. The van der Waals surface area contributed by atoms with E-state index in [1.807, 2.05) is 12.1 Å². The Hall–Kier alpha value is -1.71. The van der Waals surface area contributed by atoms with Gasteiger partial charge in [0.05, 0.1) is 24.0 Å². The summed E-state index contributed by atoms with van der Waals surface area (Å²) in [7, 11) is 1.37. The Bertz CT molecular complexity index is 445. The molecule has 0 aliphatic carbocycles. The third-order valence-electron chi connectivity index (χ3n) is 3.60. The fourth-order valence-corrected chi connectivity index (χ4v) is 2.55. The van der Waals surface area contributed by atoms with Gasteiger partial charge in [0.1, 0.15) is 0 Å². The maximum atomic E-state index is 11.6. The molecule has 2 N–H and O–H groups in total. The minimum absolute atomic E-state index is 0.376. The summed E-state index contributed by atoms with van der Waals surface area (Å²) in [4.78, 5) is 13.9. The van der Waals surface area contributed by atoms with E-state index in [1.165, 1.54) is 26.4 Å². The van der Waals surface area contributed by atoms with Crippen LogP contribution in [0.3, 0.4) is 0 Å². The highest BCUT2D eigenvalue weighted by molar-refractivity contribution is 5.98. The summed E-state index contributed by atoms with van der Waals surface area (Å²) < 4.78 is 4.75. The van der Waals surface area contributed by atoms with E-state index in [9.17, 15) is 4.79 Å². The molecule has 98 valence electrons. The molecular weight excluding hydrogens is 228 g/mol. The van der Waals surface area contributed by atoms with E-state index in [2.05, 4.69) is 11.8 Å². The summed E-state index contributed by atoms with van der Waals surface area (Å²) in [5.74, 6) is -0.376. The number of piperidine rings is 1. The third kappa shape index (κ3) is 2.28. The monoisotopic (exact) mass is 248 g/mol. The van der Waals surface area contributed by atoms with Gasteiger partial charge in [0.2, 0.25) is 0 Å². The second-order valence-corrected chi connectivity index (χ2v) is 4.77. The molecule has 18 heavy (non-hydrogen) atoms. The van der Waals surface area contributed by atoms with Crippen molar-refractivity contribution < 1.29 is 9.53 Å². The number of carbonyl (C=O) groups excluding carboxylic acids is 1. The van der Waals surface area contributed by atoms with Gasteiger partial charge in [-0.3, -0.25) is 0 Å². The predicted octanol–water partition coefficient (Wildman–Crippen LogP) is 2.43. The van der Waals surface area contributed by atoms with Crippen LogP contribution in [0.2, 0.25) is 0 Å². The number of ether oxygens (including phenoxy) is 1. The van der Waals surface area contributed by atoms with Gasteiger partial charge in [0.25, 0.3) is 0 Å². The number of hydrogen-bond donors (Lipinski definition) is 1. The molecule has 4 heteroatoms. The summed E-state index contributed by atoms with van der Waals surface area (Å²) in [6, 6.07) is 6.01. The van der Waals surface area contributed by atoms with Crippen LogP contribution in [0.4, 0.5) is 11.4 Å². The molecule has 0 radical (unpaired) electrons. The SMILES string of the molecule is COC(=O)c1cccc(N2CCCCC2C)c1N. The van der Waals surface area contributed by atoms with E-state index in [0.717, 1.165) is 12.2 Å². The van der Waals surface area contributed by atoms with Gasteiger partial charge in [0, 0.05) is 12.6 Å². The van der Waals surface area contributed by atoms with Crippen LogP contribution in [0.25, 0.3) is 0 Å². The van der Waals surface area contributed by atoms with Crippen LogP contribution in [0.1, 0.15) is 36.5 Å². The topological polar surface area (TPSA) is 55.6 Å². The highest BCUT2D eigenvalue weighted by Gasteiger charge is 2.22. The first-order valence-corrected chi connectivity index (χ1v) is 6.38. The highest BCUT2D eigenvalue weighted by atomic mass is 16.5. The lowest BCUT2D eigenvalue weighted by molar-refractivity contribution is 0.0602. The maximum Gasteiger partial charge on any atom is 0.340 e. The number of hydrogen-bond acceptors (Lipinski definition) is 4. The number of anilines is 2. The van der Waals surface area contributed by atoms with Gasteiger partial charge < -0.3 is 15.4 Å². The lowest BCUT2D eigenvalue weighted by Crippen LogP contribution is -2.38. The van der Waals surface area contributed by atoms with Crippen LogP contribution in [0.5, 0.6) is 0 Å². The standard InChI is InChI=1S/C14H20N2O2/c1-10-6-3-4-9-16(10)12-8-5-7-11(13(12)15)14(17)18-2/h5,7-8,10H,3-4,6,9,15H2,1-2H3. The van der Waals surface area contributed by atoms with E-state index in [1.54, 1.807) is 6.07 Å². The lowest BCUT2D eigenvalue weighted by atomic mass is 10.0. The molecule has 1 aliphatic rings. The molecule has 1 aliphatic heterocycles. The maximum absolute atomic E-state index is 11.6. The van der Waals surface area contributed by atoms with Crippen molar-refractivity contribution in [3.63, 3.8) is 0 Å². The van der Waals surface area contributed by atoms with Crippen molar-refractivity contribution in [1.82, 2.24) is 0 Å². The first-order valence-electron chi connectivity index (χ1n) is 6.38. The Morgan fingerprint density at radius 2 is 2.22 bits per heavy atom. The molecule has 1 heterocycles. The smallest absolute Gasteiger partial charge is 0.340 e. The molecule has 1 fully saturated rings. The van der Waals surface area contributed by atoms with Crippen LogP contribution in [-0.2, 0) is 4.74 Å². The van der Waals surface area contributed by atoms with Crippen molar-refractivity contribution in [3.8, 4) is 0 Å². The number of rotatable bonds is 2. The van der Waals surface area contributed by atoms with Crippen molar-refractivity contribution in [1.29, 1.82) is 0 Å². The largest absolute Gasteiger partial charge is 0.465 e. The molecule has 4 nitrogen and oxygen atoms in total. The van der Waals surface area contributed by atoms with E-state index in [-0.39, 0.29) is 5.97 Å². The number of benzene rings is 1. The molecule has 1 aromatic rings. The van der Waals surface area contributed by atoms with Crippen LogP contribution in [0.15, 0.2) is 18.2 Å². The summed E-state index contributed by atoms with van der Waals surface area (Å²) in [6.07, 6.45) is 3.60. The van der Waals surface area contributed by atoms with Crippen molar-refractivity contribution in [2.24, 2.45) is 0 Å². The molecule has 0 bridgehead atoms. The molecule has 0 saturated carbocycles. The number of esters is 1. The van der Waals surface area contributed by atoms with Gasteiger partial charge in [-0.05, 0) is 38.3 Å². The van der Waals surface area contributed by atoms with Crippen LogP contribution >= 0.6 is 0 Å². The first-order chi connectivity index (χ1) is 8.65. The van der Waals surface area contributed by atoms with Crippen molar-refractivity contribution in [2.45, 2.75) is 32.2 Å². The Morgan fingerprint density at radius 3 is 2.89 bits per heavy atom. The predicted molar refractivity (Wildman–Crippen MR) is 72.9 cm³/mol. The minimum atomic E-state index is -0.376. The van der Waals surface area contributed by atoms with E-state index in [0.29, 0.717) is 17.3 Å². The van der Waals surface area contributed by atoms with E-state index < -0.39 is 0 Å². The number of nitrogens with zero attached hydrogens (tertiary/aromatic N) is 1. The lowest BCUT2D eigenvalue weighted by Gasteiger charge is -2.36. The number of nitrogen functional groups attached to an aromatic ring is 1. The van der Waals surface area contributed by atoms with E-state index >= 15 is 0 Å². The van der Waals surface area contributed by atoms with Crippen LogP contribution in [0, 0.1) is 0 Å². The molecule has 1 unspecified atom stereocenters. The van der Waals surface area contributed by atoms with Crippen molar-refractivity contribution in [2.75, 3.05) is 24.3 Å². The molecule has 0 aromatic heterocycles. The summed E-state index contributed by atoms with van der Waals surface area (Å²) >= 11 is 0. The Balaban J connectivity index is 2.36. The zero-order chi connectivity index (χ0) is 13.1. The van der Waals surface area contributed by atoms with Crippen LogP contribution in [-0.4, -0.2) is 25.7 Å². The second kappa shape index (κ2) is 5.29. The number of carbonyl (C=O) groups is 1. The average molecular weight is 248 g/mol. The Kier molecular flexibility index (Phi) is 3.75. The molecule has 1 saturated heterocycles. The van der Waals surface area contributed by atoms with Gasteiger partial charge in [-0.1, -0.05) is 6.07 Å². The molecule has 2 rings (SSSR count). The van der Waals surface area contributed by atoms with Crippen molar-refractivity contribution >= 4 is 17.3 Å². The quantitative estimate of drug-likeness (QED) is 0.645. The van der Waals surface area contributed by atoms with Gasteiger partial charge in [-0.25, -0.2) is 4.79 Å². The summed E-state index contributed by atoms with van der Waals surface area (Å²) in [5, 5.41) is 0. The highest BCUT2D eigenvalue weighted by Crippen LogP contribution is 2.31. The van der Waals surface area contributed by atoms with Crippen molar-refractivity contribution in [3.05, 3.63) is 23.8 Å². The third-order valence-corrected chi connectivity index (χ3v) is 3.60. The number of methoxy groups -OCH3 is 1. The average Bonchev–Trinajstić information content (AvgIpc) is 2.39. The summed E-state index contributed by atoms with van der Waals surface area (Å²) in [5.41, 5.74) is 8.04. The summed E-state index contributed by atoms with van der Waals surface area (Å²) in [6.45, 7) is 3.19. The van der Waals surface area contributed by atoms with Gasteiger partial charge in [-0.2, -0.15) is 0 Å². The van der Waals surface area contributed by atoms with E-state index in [4.69, 9.17) is 10.5 Å². The van der Waals surface area contributed by atoms with Crippen LogP contribution < -0.4 is 10.6 Å². The molecule has 1 atom stereocenters. The fourth-order valence-electron chi connectivity index (χ4n) is 2.55. The molecule has 1 aromatic carbocycles. The first kappa shape index (κ1) is 12.7. The van der Waals surface area contributed by atoms with Gasteiger partial charge in [-0.15, -0.1) is 0 Å².